The zero-order chi connectivity index (χ0) is 18.5. The number of carbonyl (C=O) groups is 1. The molecule has 138 valence electrons. The van der Waals surface area contributed by atoms with Crippen molar-refractivity contribution in [3.8, 4) is 11.5 Å². The van der Waals surface area contributed by atoms with Gasteiger partial charge in [0.25, 0.3) is 0 Å². The summed E-state index contributed by atoms with van der Waals surface area (Å²) < 4.78 is 11.1. The Bertz CT molecular complexity index is 753. The van der Waals surface area contributed by atoms with E-state index in [0.29, 0.717) is 18.1 Å². The molecule has 1 amide bonds. The Hall–Kier alpha value is -2.53. The molecule has 1 aliphatic heterocycles. The van der Waals surface area contributed by atoms with Crippen molar-refractivity contribution >= 4 is 6.09 Å². The second-order valence-corrected chi connectivity index (χ2v) is 6.83. The Labute approximate surface area is 154 Å². The summed E-state index contributed by atoms with van der Waals surface area (Å²) in [4.78, 5) is 13.7. The van der Waals surface area contributed by atoms with E-state index in [1.807, 2.05) is 30.3 Å². The number of methoxy groups -OCH3 is 1. The predicted octanol–water partition coefficient (Wildman–Crippen LogP) is 3.55. The van der Waals surface area contributed by atoms with Crippen molar-refractivity contribution in [2.45, 2.75) is 25.2 Å². The molecule has 0 radical (unpaired) electrons. The van der Waals surface area contributed by atoms with Crippen LogP contribution < -0.4 is 15.2 Å². The van der Waals surface area contributed by atoms with E-state index in [0.717, 1.165) is 42.8 Å². The zero-order valence-corrected chi connectivity index (χ0v) is 15.4. The maximum absolute atomic E-state index is 11.3. The molecule has 1 fully saturated rings. The van der Waals surface area contributed by atoms with Crippen molar-refractivity contribution in [3.05, 3.63) is 59.2 Å². The average molecular weight is 354 g/mol. The number of carbonyl (C=O) groups excluding carboxylic acids is 1. The van der Waals surface area contributed by atoms with Crippen LogP contribution in [-0.4, -0.2) is 38.2 Å². The van der Waals surface area contributed by atoms with Crippen LogP contribution in [0.5, 0.6) is 11.5 Å². The fraction of sp³-hybridized carbons (Fsp3) is 0.381. The molecule has 0 spiro atoms. The number of nitrogens with zero attached hydrogens (tertiary/aromatic N) is 1. The third kappa shape index (κ3) is 4.17. The molecule has 0 aromatic heterocycles. The van der Waals surface area contributed by atoms with Gasteiger partial charge in [0.15, 0.2) is 0 Å². The van der Waals surface area contributed by atoms with Gasteiger partial charge in [0.05, 0.1) is 7.11 Å². The van der Waals surface area contributed by atoms with Gasteiger partial charge in [-0.1, -0.05) is 36.4 Å². The van der Waals surface area contributed by atoms with Crippen molar-refractivity contribution in [3.63, 3.8) is 0 Å². The highest BCUT2D eigenvalue weighted by Gasteiger charge is 2.25. The second kappa shape index (κ2) is 8.23. The highest BCUT2D eigenvalue weighted by molar-refractivity contribution is 5.70. The van der Waals surface area contributed by atoms with E-state index in [2.05, 4.69) is 24.1 Å². The molecular formula is C21H26N2O3. The lowest BCUT2D eigenvalue weighted by molar-refractivity contribution is 0.210. The van der Waals surface area contributed by atoms with Crippen molar-refractivity contribution in [2.75, 3.05) is 27.2 Å². The molecule has 0 unspecified atom stereocenters. The van der Waals surface area contributed by atoms with Gasteiger partial charge < -0.3 is 20.1 Å². The first kappa shape index (κ1) is 18.3. The van der Waals surface area contributed by atoms with E-state index >= 15 is 0 Å². The highest BCUT2D eigenvalue weighted by atomic mass is 16.5. The number of ether oxygens (including phenoxy) is 2. The van der Waals surface area contributed by atoms with E-state index in [1.165, 1.54) is 5.56 Å². The topological polar surface area (TPSA) is 64.8 Å². The lowest BCUT2D eigenvalue weighted by Gasteiger charge is -2.30. The van der Waals surface area contributed by atoms with Gasteiger partial charge >= 0.3 is 6.09 Å². The first-order chi connectivity index (χ1) is 12.6. The minimum Gasteiger partial charge on any atom is -0.496 e. The number of hydrogen-bond donors (Lipinski definition) is 1. The van der Waals surface area contributed by atoms with E-state index in [4.69, 9.17) is 15.2 Å². The van der Waals surface area contributed by atoms with E-state index < -0.39 is 6.09 Å². The lowest BCUT2D eigenvalue weighted by Crippen LogP contribution is -2.29. The number of amides is 1. The van der Waals surface area contributed by atoms with Gasteiger partial charge in [0.2, 0.25) is 0 Å². The van der Waals surface area contributed by atoms with Gasteiger partial charge in [-0.25, -0.2) is 4.79 Å². The van der Waals surface area contributed by atoms with Crippen LogP contribution in [0.3, 0.4) is 0 Å². The number of primary amides is 1. The fourth-order valence-electron chi connectivity index (χ4n) is 3.68. The van der Waals surface area contributed by atoms with Crippen molar-refractivity contribution < 1.29 is 14.3 Å². The lowest BCUT2D eigenvalue weighted by atomic mass is 9.86. The molecular weight excluding hydrogens is 328 g/mol. The number of hydrogen-bond acceptors (Lipinski definition) is 4. The SMILES string of the molecule is COc1c(C2CCN(C)CC2)ccc(OC(N)=O)c1Cc1ccccc1. The van der Waals surface area contributed by atoms with Crippen LogP contribution in [0.15, 0.2) is 42.5 Å². The highest BCUT2D eigenvalue weighted by Crippen LogP contribution is 2.41. The molecule has 26 heavy (non-hydrogen) atoms. The largest absolute Gasteiger partial charge is 0.496 e. The Morgan fingerprint density at radius 2 is 1.85 bits per heavy atom. The molecule has 0 atom stereocenters. The summed E-state index contributed by atoms with van der Waals surface area (Å²) in [5.41, 5.74) is 8.45. The first-order valence-electron chi connectivity index (χ1n) is 8.98. The molecule has 0 aliphatic carbocycles. The Kier molecular flexibility index (Phi) is 5.78. The smallest absolute Gasteiger partial charge is 0.409 e. The predicted molar refractivity (Wildman–Crippen MR) is 102 cm³/mol. The number of likely N-dealkylation sites (tertiary alicyclic amines) is 1. The van der Waals surface area contributed by atoms with Gasteiger partial charge in [0.1, 0.15) is 11.5 Å². The molecule has 1 heterocycles. The molecule has 1 aliphatic rings. The Morgan fingerprint density at radius 1 is 1.15 bits per heavy atom. The third-order valence-corrected chi connectivity index (χ3v) is 5.04. The van der Waals surface area contributed by atoms with Crippen LogP contribution in [0, 0.1) is 0 Å². The molecule has 1 saturated heterocycles. The van der Waals surface area contributed by atoms with Crippen LogP contribution in [0.1, 0.15) is 35.4 Å². The number of benzene rings is 2. The monoisotopic (exact) mass is 354 g/mol. The molecule has 2 aromatic rings. The molecule has 2 N–H and O–H groups in total. The molecule has 2 aromatic carbocycles. The summed E-state index contributed by atoms with van der Waals surface area (Å²) >= 11 is 0. The van der Waals surface area contributed by atoms with E-state index in [1.54, 1.807) is 7.11 Å². The van der Waals surface area contributed by atoms with Gasteiger partial charge in [-0.15, -0.1) is 0 Å². The standard InChI is InChI=1S/C21H26N2O3/c1-23-12-10-16(11-13-23)17-8-9-19(26-21(22)24)18(20(17)25-2)14-15-6-4-3-5-7-15/h3-9,16H,10-14H2,1-2H3,(H2,22,24). The Morgan fingerprint density at radius 3 is 2.46 bits per heavy atom. The minimum absolute atomic E-state index is 0.443. The number of nitrogens with two attached hydrogens (primary N) is 1. The molecule has 5 heteroatoms. The van der Waals surface area contributed by atoms with E-state index in [-0.39, 0.29) is 0 Å². The Balaban J connectivity index is 2.01. The summed E-state index contributed by atoms with van der Waals surface area (Å²) in [6.07, 6.45) is 1.99. The second-order valence-electron chi connectivity index (χ2n) is 6.83. The fourth-order valence-corrected chi connectivity index (χ4v) is 3.68. The summed E-state index contributed by atoms with van der Waals surface area (Å²) in [6.45, 7) is 2.14. The average Bonchev–Trinajstić information content (AvgIpc) is 2.64. The van der Waals surface area contributed by atoms with Crippen LogP contribution in [0.4, 0.5) is 4.79 Å². The maximum atomic E-state index is 11.3. The van der Waals surface area contributed by atoms with Crippen LogP contribution in [0.2, 0.25) is 0 Å². The van der Waals surface area contributed by atoms with E-state index in [9.17, 15) is 4.79 Å². The molecule has 3 rings (SSSR count). The van der Waals surface area contributed by atoms with Crippen molar-refractivity contribution in [2.24, 2.45) is 5.73 Å². The first-order valence-corrected chi connectivity index (χ1v) is 8.98. The minimum atomic E-state index is -0.812. The third-order valence-electron chi connectivity index (χ3n) is 5.04. The van der Waals surface area contributed by atoms with Gasteiger partial charge in [-0.2, -0.15) is 0 Å². The summed E-state index contributed by atoms with van der Waals surface area (Å²) in [5.74, 6) is 1.72. The summed E-state index contributed by atoms with van der Waals surface area (Å²) in [7, 11) is 3.83. The summed E-state index contributed by atoms with van der Waals surface area (Å²) in [6, 6.07) is 13.9. The summed E-state index contributed by atoms with van der Waals surface area (Å²) in [5, 5.41) is 0. The van der Waals surface area contributed by atoms with Crippen LogP contribution >= 0.6 is 0 Å². The molecule has 0 saturated carbocycles. The van der Waals surface area contributed by atoms with Crippen molar-refractivity contribution in [1.82, 2.24) is 4.90 Å². The van der Waals surface area contributed by atoms with Gasteiger partial charge in [-0.3, -0.25) is 0 Å². The molecule has 0 bridgehead atoms. The quantitative estimate of drug-likeness (QED) is 0.892. The van der Waals surface area contributed by atoms with Crippen LogP contribution in [0.25, 0.3) is 0 Å². The molecule has 5 nitrogen and oxygen atoms in total. The van der Waals surface area contributed by atoms with Crippen molar-refractivity contribution in [1.29, 1.82) is 0 Å². The zero-order valence-electron chi connectivity index (χ0n) is 15.4. The number of piperidine rings is 1. The maximum Gasteiger partial charge on any atom is 0.409 e. The normalized spacial score (nSPS) is 15.6. The van der Waals surface area contributed by atoms with Crippen LogP contribution in [-0.2, 0) is 6.42 Å². The van der Waals surface area contributed by atoms with Gasteiger partial charge in [0, 0.05) is 12.0 Å². The van der Waals surface area contributed by atoms with Gasteiger partial charge in [-0.05, 0) is 56.1 Å². The number of rotatable bonds is 5.